The summed E-state index contributed by atoms with van der Waals surface area (Å²) in [7, 11) is 0. The fourth-order valence-electron chi connectivity index (χ4n) is 2.96. The van der Waals surface area contributed by atoms with E-state index in [9.17, 15) is 4.79 Å². The quantitative estimate of drug-likeness (QED) is 0.913. The molecule has 5 nitrogen and oxygen atoms in total. The maximum absolute atomic E-state index is 12.1. The first-order chi connectivity index (χ1) is 11.7. The zero-order valence-electron chi connectivity index (χ0n) is 14.1. The van der Waals surface area contributed by atoms with Crippen LogP contribution in [0.1, 0.15) is 16.2 Å². The van der Waals surface area contributed by atoms with Gasteiger partial charge in [-0.3, -0.25) is 9.69 Å². The number of aryl methyl sites for hydroxylation is 1. The Balaban J connectivity index is 1.40. The molecule has 126 valence electrons. The number of anilines is 1. The van der Waals surface area contributed by atoms with E-state index in [1.54, 1.807) is 6.07 Å². The summed E-state index contributed by atoms with van der Waals surface area (Å²) < 4.78 is 0. The van der Waals surface area contributed by atoms with E-state index in [4.69, 9.17) is 0 Å². The second kappa shape index (κ2) is 7.93. The van der Waals surface area contributed by atoms with Crippen molar-refractivity contribution in [2.45, 2.75) is 6.92 Å². The number of nitrogens with zero attached hydrogens (tertiary/aromatic N) is 3. The van der Waals surface area contributed by atoms with Gasteiger partial charge in [-0.15, -0.1) is 0 Å². The third kappa shape index (κ3) is 4.32. The lowest BCUT2D eigenvalue weighted by molar-refractivity contribution is 0.0942. The van der Waals surface area contributed by atoms with Gasteiger partial charge in [-0.2, -0.15) is 0 Å². The third-order valence-electron chi connectivity index (χ3n) is 4.33. The second-order valence-electron chi connectivity index (χ2n) is 6.08. The molecule has 3 rings (SSSR count). The van der Waals surface area contributed by atoms with Crippen LogP contribution in [0.25, 0.3) is 0 Å². The fraction of sp³-hybridized carbons (Fsp3) is 0.368. The lowest BCUT2D eigenvalue weighted by atomic mass is 10.2. The van der Waals surface area contributed by atoms with Crippen LogP contribution < -0.4 is 10.2 Å². The lowest BCUT2D eigenvalue weighted by Gasteiger charge is -2.36. The highest BCUT2D eigenvalue weighted by molar-refractivity contribution is 5.92. The summed E-state index contributed by atoms with van der Waals surface area (Å²) in [6.45, 7) is 7.51. The van der Waals surface area contributed by atoms with Crippen molar-refractivity contribution in [1.29, 1.82) is 0 Å². The average Bonchev–Trinajstić information content (AvgIpc) is 2.63. The number of pyridine rings is 1. The molecule has 2 heterocycles. The number of para-hydroxylation sites is 1. The van der Waals surface area contributed by atoms with Crippen LogP contribution in [0.3, 0.4) is 0 Å². The van der Waals surface area contributed by atoms with Gasteiger partial charge in [0.25, 0.3) is 5.91 Å². The first-order valence-corrected chi connectivity index (χ1v) is 8.46. The summed E-state index contributed by atoms with van der Waals surface area (Å²) in [6, 6.07) is 16.0. The van der Waals surface area contributed by atoms with E-state index < -0.39 is 0 Å². The van der Waals surface area contributed by atoms with Crippen molar-refractivity contribution in [1.82, 2.24) is 15.2 Å². The second-order valence-corrected chi connectivity index (χ2v) is 6.08. The summed E-state index contributed by atoms with van der Waals surface area (Å²) >= 11 is 0. The van der Waals surface area contributed by atoms with Gasteiger partial charge in [-0.05, 0) is 31.2 Å². The molecule has 1 amide bonds. The maximum atomic E-state index is 12.1. The number of hydrogen-bond acceptors (Lipinski definition) is 4. The predicted octanol–water partition coefficient (Wildman–Crippen LogP) is 1.94. The first kappa shape index (κ1) is 16.5. The molecule has 1 aliphatic rings. The topological polar surface area (TPSA) is 48.5 Å². The highest BCUT2D eigenvalue weighted by atomic mass is 16.1. The van der Waals surface area contributed by atoms with Crippen LogP contribution in [0, 0.1) is 6.92 Å². The first-order valence-electron chi connectivity index (χ1n) is 8.46. The Morgan fingerprint density at radius 2 is 1.79 bits per heavy atom. The summed E-state index contributed by atoms with van der Waals surface area (Å²) in [6.07, 6.45) is 0. The molecule has 1 saturated heterocycles. The van der Waals surface area contributed by atoms with Gasteiger partial charge in [0.2, 0.25) is 0 Å². The summed E-state index contributed by atoms with van der Waals surface area (Å²) in [5.74, 6) is -0.0957. The summed E-state index contributed by atoms with van der Waals surface area (Å²) in [4.78, 5) is 21.1. The Morgan fingerprint density at radius 1 is 1.04 bits per heavy atom. The minimum Gasteiger partial charge on any atom is -0.369 e. The molecule has 1 aromatic heterocycles. The highest BCUT2D eigenvalue weighted by Crippen LogP contribution is 2.15. The monoisotopic (exact) mass is 324 g/mol. The minimum absolute atomic E-state index is 0.0957. The van der Waals surface area contributed by atoms with Crippen LogP contribution in [-0.2, 0) is 0 Å². The fourth-order valence-corrected chi connectivity index (χ4v) is 2.96. The smallest absolute Gasteiger partial charge is 0.269 e. The largest absolute Gasteiger partial charge is 0.369 e. The van der Waals surface area contributed by atoms with Crippen LogP contribution in [0.2, 0.25) is 0 Å². The van der Waals surface area contributed by atoms with Gasteiger partial charge in [0.1, 0.15) is 5.69 Å². The number of aromatic nitrogens is 1. The standard InChI is InChI=1S/C19H24N4O/c1-16-6-5-9-18(21-16)19(24)20-10-11-22-12-14-23(15-13-22)17-7-3-2-4-8-17/h2-9H,10-15H2,1H3,(H,20,24). The molecule has 1 aromatic carbocycles. The summed E-state index contributed by atoms with van der Waals surface area (Å²) in [5.41, 5.74) is 2.64. The van der Waals surface area contributed by atoms with Gasteiger partial charge >= 0.3 is 0 Å². The van der Waals surface area contributed by atoms with E-state index in [-0.39, 0.29) is 5.91 Å². The maximum Gasteiger partial charge on any atom is 0.269 e. The molecule has 0 bridgehead atoms. The zero-order valence-corrected chi connectivity index (χ0v) is 14.1. The van der Waals surface area contributed by atoms with Gasteiger partial charge in [-0.1, -0.05) is 24.3 Å². The van der Waals surface area contributed by atoms with E-state index in [1.807, 2.05) is 25.1 Å². The van der Waals surface area contributed by atoms with E-state index >= 15 is 0 Å². The average molecular weight is 324 g/mol. The van der Waals surface area contributed by atoms with E-state index in [0.29, 0.717) is 12.2 Å². The summed E-state index contributed by atoms with van der Waals surface area (Å²) in [5, 5.41) is 2.96. The molecule has 1 N–H and O–H groups in total. The Hall–Kier alpha value is -2.40. The molecule has 0 aliphatic carbocycles. The third-order valence-corrected chi connectivity index (χ3v) is 4.33. The van der Waals surface area contributed by atoms with E-state index in [1.165, 1.54) is 5.69 Å². The molecule has 24 heavy (non-hydrogen) atoms. The Labute approximate surface area is 143 Å². The number of rotatable bonds is 5. The van der Waals surface area contributed by atoms with Crippen molar-refractivity contribution in [3.8, 4) is 0 Å². The predicted molar refractivity (Wildman–Crippen MR) is 96.4 cm³/mol. The molecule has 2 aromatic rings. The molecule has 0 atom stereocenters. The zero-order chi connectivity index (χ0) is 16.8. The molecule has 5 heteroatoms. The van der Waals surface area contributed by atoms with Crippen molar-refractivity contribution in [2.24, 2.45) is 0 Å². The van der Waals surface area contributed by atoms with Crippen molar-refractivity contribution in [3.05, 3.63) is 59.9 Å². The minimum atomic E-state index is -0.0957. The van der Waals surface area contributed by atoms with Gasteiger partial charge in [0.05, 0.1) is 0 Å². The van der Waals surface area contributed by atoms with Crippen molar-refractivity contribution in [2.75, 3.05) is 44.2 Å². The molecule has 0 radical (unpaired) electrons. The molecular weight excluding hydrogens is 300 g/mol. The Kier molecular flexibility index (Phi) is 5.43. The van der Waals surface area contributed by atoms with Crippen LogP contribution in [0.5, 0.6) is 0 Å². The lowest BCUT2D eigenvalue weighted by Crippen LogP contribution is -2.48. The van der Waals surface area contributed by atoms with Crippen molar-refractivity contribution < 1.29 is 4.79 Å². The number of benzene rings is 1. The molecule has 0 saturated carbocycles. The Bertz CT molecular complexity index is 666. The van der Waals surface area contributed by atoms with Gasteiger partial charge in [-0.25, -0.2) is 4.98 Å². The number of amides is 1. The van der Waals surface area contributed by atoms with Crippen LogP contribution in [-0.4, -0.2) is 55.1 Å². The highest BCUT2D eigenvalue weighted by Gasteiger charge is 2.17. The molecular formula is C19H24N4O. The molecule has 0 unspecified atom stereocenters. The normalized spacial score (nSPS) is 15.3. The molecule has 1 aliphatic heterocycles. The SMILES string of the molecule is Cc1cccc(C(=O)NCCN2CCN(c3ccccc3)CC2)n1. The van der Waals surface area contributed by atoms with Crippen LogP contribution in [0.4, 0.5) is 5.69 Å². The van der Waals surface area contributed by atoms with Crippen molar-refractivity contribution in [3.63, 3.8) is 0 Å². The molecule has 0 spiro atoms. The Morgan fingerprint density at radius 3 is 2.50 bits per heavy atom. The number of piperazine rings is 1. The van der Waals surface area contributed by atoms with Gasteiger partial charge in [0.15, 0.2) is 0 Å². The number of carbonyl (C=O) groups excluding carboxylic acids is 1. The van der Waals surface area contributed by atoms with Crippen LogP contribution in [0.15, 0.2) is 48.5 Å². The number of nitrogens with one attached hydrogen (secondary N) is 1. The van der Waals surface area contributed by atoms with Crippen LogP contribution >= 0.6 is 0 Å². The number of hydrogen-bond donors (Lipinski definition) is 1. The van der Waals surface area contributed by atoms with Gasteiger partial charge in [0, 0.05) is 50.6 Å². The van der Waals surface area contributed by atoms with E-state index in [2.05, 4.69) is 44.4 Å². The van der Waals surface area contributed by atoms with Crippen molar-refractivity contribution >= 4 is 11.6 Å². The van der Waals surface area contributed by atoms with Gasteiger partial charge < -0.3 is 10.2 Å². The van der Waals surface area contributed by atoms with E-state index in [0.717, 1.165) is 38.4 Å². The molecule has 1 fully saturated rings. The number of carbonyl (C=O) groups is 1.